The van der Waals surface area contributed by atoms with Gasteiger partial charge in [-0.15, -0.1) is 0 Å². The maximum atomic E-state index is 13.1. The van der Waals surface area contributed by atoms with Crippen molar-refractivity contribution < 1.29 is 24.7 Å². The number of fused-ring (bicyclic) bond motifs is 5. The van der Waals surface area contributed by atoms with Gasteiger partial charge in [0.1, 0.15) is 17.9 Å². The summed E-state index contributed by atoms with van der Waals surface area (Å²) >= 11 is 0. The minimum Gasteiger partial charge on any atom is -0.506 e. The Hall–Kier alpha value is -3.79. The predicted molar refractivity (Wildman–Crippen MR) is 103 cm³/mol. The van der Waals surface area contributed by atoms with Crippen LogP contribution >= 0.6 is 0 Å². The van der Waals surface area contributed by atoms with Gasteiger partial charge in [-0.2, -0.15) is 0 Å². The van der Waals surface area contributed by atoms with Crippen molar-refractivity contribution in [2.24, 2.45) is 0 Å². The Balaban J connectivity index is 1.82. The second-order valence-corrected chi connectivity index (χ2v) is 7.36. The maximum absolute atomic E-state index is 13.1. The molecule has 0 saturated carbocycles. The van der Waals surface area contributed by atoms with Crippen molar-refractivity contribution in [3.8, 4) is 17.1 Å². The fourth-order valence-electron chi connectivity index (χ4n) is 4.20. The number of aromatic hydroxyl groups is 1. The molecule has 2 aliphatic heterocycles. The van der Waals surface area contributed by atoms with Crippen LogP contribution in [0.1, 0.15) is 30.0 Å². The number of esters is 1. The highest BCUT2D eigenvalue weighted by atomic mass is 16.6. The van der Waals surface area contributed by atoms with Crippen molar-refractivity contribution in [1.29, 1.82) is 0 Å². The van der Waals surface area contributed by atoms with Gasteiger partial charge >= 0.3 is 5.97 Å². The van der Waals surface area contributed by atoms with E-state index >= 15 is 0 Å². The molecule has 0 amide bonds. The van der Waals surface area contributed by atoms with Gasteiger partial charge < -0.3 is 19.5 Å². The van der Waals surface area contributed by atoms with Crippen molar-refractivity contribution in [2.75, 3.05) is 0 Å². The van der Waals surface area contributed by atoms with Gasteiger partial charge in [-0.1, -0.05) is 6.92 Å². The molecule has 0 aliphatic carbocycles. The summed E-state index contributed by atoms with van der Waals surface area (Å²) in [6.45, 7) is 1.48. The fourth-order valence-corrected chi connectivity index (χ4v) is 4.20. The van der Waals surface area contributed by atoms with E-state index in [0.717, 1.165) is 0 Å². The number of nitro benzene ring substituents is 1. The average Bonchev–Trinajstić information content (AvgIpc) is 3.08. The smallest absolute Gasteiger partial charge is 0.343 e. The van der Waals surface area contributed by atoms with Crippen molar-refractivity contribution >= 4 is 22.6 Å². The number of phenolic OH excluding ortho intramolecular Hbond substituents is 1. The van der Waals surface area contributed by atoms with Crippen LogP contribution in [-0.4, -0.2) is 30.7 Å². The lowest BCUT2D eigenvalue weighted by molar-refractivity contribution is -0.383. The number of nitro groups is 1. The number of aromatic nitrogens is 2. The molecule has 30 heavy (non-hydrogen) atoms. The number of pyridine rings is 2. The summed E-state index contributed by atoms with van der Waals surface area (Å²) in [6, 6.07) is 5.47. The van der Waals surface area contributed by atoms with Gasteiger partial charge in [0.15, 0.2) is 5.60 Å². The summed E-state index contributed by atoms with van der Waals surface area (Å²) in [5, 5.41) is 32.6. The Morgan fingerprint density at radius 2 is 2.10 bits per heavy atom. The third-order valence-electron chi connectivity index (χ3n) is 5.83. The van der Waals surface area contributed by atoms with Crippen LogP contribution in [-0.2, 0) is 28.3 Å². The van der Waals surface area contributed by atoms with E-state index in [2.05, 4.69) is 4.98 Å². The molecule has 10 nitrogen and oxygen atoms in total. The quantitative estimate of drug-likeness (QED) is 0.289. The molecule has 2 aromatic heterocycles. The highest BCUT2D eigenvalue weighted by Crippen LogP contribution is 2.40. The number of benzene rings is 1. The second kappa shape index (κ2) is 5.86. The van der Waals surface area contributed by atoms with Crippen LogP contribution in [0.3, 0.4) is 0 Å². The Bertz CT molecular complexity index is 1360. The lowest BCUT2D eigenvalue weighted by atomic mass is 9.86. The molecule has 0 fully saturated rings. The van der Waals surface area contributed by atoms with Crippen LogP contribution < -0.4 is 5.56 Å². The molecule has 2 N–H and O–H groups in total. The van der Waals surface area contributed by atoms with Crippen LogP contribution in [0.5, 0.6) is 5.75 Å². The summed E-state index contributed by atoms with van der Waals surface area (Å²) in [6.07, 6.45) is 0.0206. The molecule has 3 aromatic rings. The zero-order valence-electron chi connectivity index (χ0n) is 15.7. The van der Waals surface area contributed by atoms with Gasteiger partial charge in [0.05, 0.1) is 33.8 Å². The molecular formula is C20H15N3O7. The van der Waals surface area contributed by atoms with Crippen LogP contribution in [0.15, 0.2) is 29.1 Å². The minimum atomic E-state index is -1.94. The number of nitrogens with zero attached hydrogens (tertiary/aromatic N) is 3. The van der Waals surface area contributed by atoms with Gasteiger partial charge in [0.2, 0.25) is 0 Å². The first-order valence-electron chi connectivity index (χ1n) is 9.23. The number of hydrogen-bond donors (Lipinski definition) is 2. The zero-order valence-corrected chi connectivity index (χ0v) is 15.7. The van der Waals surface area contributed by atoms with E-state index in [9.17, 15) is 29.9 Å². The summed E-state index contributed by atoms with van der Waals surface area (Å²) in [5.74, 6) is -1.05. The lowest BCUT2D eigenvalue weighted by Crippen LogP contribution is -2.44. The summed E-state index contributed by atoms with van der Waals surface area (Å²) in [7, 11) is 0. The van der Waals surface area contributed by atoms with Crippen molar-refractivity contribution in [3.63, 3.8) is 0 Å². The third-order valence-corrected chi connectivity index (χ3v) is 5.83. The topological polar surface area (TPSA) is 145 Å². The number of carbonyl (C=O) groups excluding carboxylic acids is 1. The van der Waals surface area contributed by atoms with E-state index in [1.165, 1.54) is 22.8 Å². The molecule has 0 saturated heterocycles. The van der Waals surface area contributed by atoms with Crippen molar-refractivity contribution in [1.82, 2.24) is 9.55 Å². The van der Waals surface area contributed by atoms with Gasteiger partial charge in [-0.25, -0.2) is 9.78 Å². The van der Waals surface area contributed by atoms with E-state index in [1.807, 2.05) is 0 Å². The number of rotatable bonds is 2. The Kier molecular flexibility index (Phi) is 3.57. The Morgan fingerprint density at radius 3 is 2.80 bits per heavy atom. The van der Waals surface area contributed by atoms with E-state index in [1.54, 1.807) is 13.0 Å². The monoisotopic (exact) mass is 409 g/mol. The molecule has 2 aliphatic rings. The van der Waals surface area contributed by atoms with Gasteiger partial charge in [-0.05, 0) is 24.6 Å². The fraction of sp³-hybridized carbons (Fsp3) is 0.250. The number of phenols is 1. The minimum absolute atomic E-state index is 0.0206. The maximum Gasteiger partial charge on any atom is 0.343 e. The standard InChI is InChI=1S/C20H15N3O7/c1-2-20(27)12-6-14-16-9(7-22(14)18(25)11(12)8-30-19(20)26)5-10-13(23(28)29)3-4-15(24)17(10)21-16/h3-6,24,27H,2,7-8H2,1H3. The zero-order chi connectivity index (χ0) is 21.4. The Morgan fingerprint density at radius 1 is 1.33 bits per heavy atom. The SMILES string of the molecule is CCC1(O)C(=O)OCc2c1cc1n(c2=O)Cc2cc3c([N+](=O)[O-])ccc(O)c3nc2-1. The molecule has 5 rings (SSSR count). The molecule has 152 valence electrons. The molecule has 0 bridgehead atoms. The predicted octanol–water partition coefficient (Wildman–Crippen LogP) is 1.69. The molecule has 1 unspecified atom stereocenters. The molecule has 10 heteroatoms. The molecular weight excluding hydrogens is 394 g/mol. The first kappa shape index (κ1) is 18.3. The van der Waals surface area contributed by atoms with Crippen molar-refractivity contribution in [3.05, 3.63) is 61.4 Å². The summed E-state index contributed by atoms with van der Waals surface area (Å²) in [4.78, 5) is 40.5. The third kappa shape index (κ3) is 2.19. The molecule has 0 radical (unpaired) electrons. The highest BCUT2D eigenvalue weighted by Gasteiger charge is 2.45. The van der Waals surface area contributed by atoms with Gasteiger partial charge in [0.25, 0.3) is 11.2 Å². The average molecular weight is 409 g/mol. The first-order valence-corrected chi connectivity index (χ1v) is 9.23. The Labute approximate surface area is 168 Å². The van der Waals surface area contributed by atoms with Crippen LogP contribution in [0.25, 0.3) is 22.3 Å². The molecule has 0 spiro atoms. The molecule has 1 atom stereocenters. The number of aliphatic hydroxyl groups is 1. The highest BCUT2D eigenvalue weighted by molar-refractivity contribution is 5.95. The van der Waals surface area contributed by atoms with Gasteiger partial charge in [-0.3, -0.25) is 14.9 Å². The number of carbonyl (C=O) groups is 1. The van der Waals surface area contributed by atoms with Crippen LogP contribution in [0, 0.1) is 10.1 Å². The first-order chi connectivity index (χ1) is 14.3. The van der Waals surface area contributed by atoms with Crippen LogP contribution in [0.2, 0.25) is 0 Å². The van der Waals surface area contributed by atoms with Gasteiger partial charge in [0, 0.05) is 17.2 Å². The summed E-state index contributed by atoms with van der Waals surface area (Å²) < 4.78 is 6.45. The van der Waals surface area contributed by atoms with E-state index in [-0.39, 0.29) is 53.0 Å². The number of non-ortho nitro benzene ring substituents is 1. The summed E-state index contributed by atoms with van der Waals surface area (Å²) in [5.41, 5.74) is -0.899. The second-order valence-electron chi connectivity index (χ2n) is 7.36. The number of hydrogen-bond acceptors (Lipinski definition) is 8. The van der Waals surface area contributed by atoms with Crippen molar-refractivity contribution in [2.45, 2.75) is 32.1 Å². The molecule has 4 heterocycles. The van der Waals surface area contributed by atoms with Crippen LogP contribution in [0.4, 0.5) is 5.69 Å². The number of cyclic esters (lactones) is 1. The van der Waals surface area contributed by atoms with E-state index < -0.39 is 22.1 Å². The largest absolute Gasteiger partial charge is 0.506 e. The lowest BCUT2D eigenvalue weighted by Gasteiger charge is -2.31. The number of ether oxygens (including phenoxy) is 1. The van der Waals surface area contributed by atoms with E-state index in [0.29, 0.717) is 17.0 Å². The molecule has 1 aromatic carbocycles. The van der Waals surface area contributed by atoms with E-state index in [4.69, 9.17) is 4.74 Å². The normalized spacial score (nSPS) is 19.2.